The van der Waals surface area contributed by atoms with Crippen molar-refractivity contribution in [2.75, 3.05) is 6.79 Å². The topological polar surface area (TPSA) is 72.8 Å². The van der Waals surface area contributed by atoms with Gasteiger partial charge in [-0.15, -0.1) is 0 Å². The molecule has 0 aromatic heterocycles. The Hall–Kier alpha value is -2.04. The average Bonchev–Trinajstić information content (AvgIpc) is 2.19. The molecule has 14 heavy (non-hydrogen) atoms. The molecule has 0 aliphatic heterocycles. The summed E-state index contributed by atoms with van der Waals surface area (Å²) in [4.78, 5) is 20.9. The Labute approximate surface area is 79.9 Å². The van der Waals surface area contributed by atoms with Gasteiger partial charge in [-0.1, -0.05) is 0 Å². The number of phenolic OH excluding ortho intramolecular Hbond substituents is 1. The summed E-state index contributed by atoms with van der Waals surface area (Å²) in [7, 11) is 0. The van der Waals surface area contributed by atoms with Crippen molar-refractivity contribution >= 4 is 12.4 Å². The lowest BCUT2D eigenvalue weighted by atomic mass is 10.2. The van der Waals surface area contributed by atoms with Gasteiger partial charge in [0.1, 0.15) is 5.75 Å². The number of carbonyl (C=O) groups excluding carboxylic acids is 2. The highest BCUT2D eigenvalue weighted by molar-refractivity contribution is 5.89. The summed E-state index contributed by atoms with van der Waals surface area (Å²) in [6.45, 7) is -0.229. The van der Waals surface area contributed by atoms with Crippen molar-refractivity contribution in [2.24, 2.45) is 0 Å². The smallest absolute Gasteiger partial charge is 0.341 e. The zero-order valence-corrected chi connectivity index (χ0v) is 7.17. The van der Waals surface area contributed by atoms with E-state index in [9.17, 15) is 9.59 Å². The Kier molecular flexibility index (Phi) is 3.49. The van der Waals surface area contributed by atoms with E-state index in [-0.39, 0.29) is 17.8 Å². The lowest BCUT2D eigenvalue weighted by molar-refractivity contribution is -0.136. The van der Waals surface area contributed by atoms with Crippen LogP contribution in [0.15, 0.2) is 24.3 Å². The maximum Gasteiger partial charge on any atom is 0.341 e. The normalized spacial score (nSPS) is 9.14. The lowest BCUT2D eigenvalue weighted by Crippen LogP contribution is -2.07. The number of ether oxygens (including phenoxy) is 2. The van der Waals surface area contributed by atoms with E-state index in [1.807, 2.05) is 0 Å². The van der Waals surface area contributed by atoms with Crippen LogP contribution in [-0.2, 0) is 14.3 Å². The van der Waals surface area contributed by atoms with Gasteiger partial charge in [0.25, 0.3) is 6.47 Å². The van der Waals surface area contributed by atoms with Gasteiger partial charge in [0.15, 0.2) is 0 Å². The summed E-state index contributed by atoms with van der Waals surface area (Å²) in [5.41, 5.74) is 0.275. The van der Waals surface area contributed by atoms with Crippen LogP contribution in [0.5, 0.6) is 5.75 Å². The molecule has 0 spiro atoms. The predicted octanol–water partition coefficient (Wildman–Crippen LogP) is 0.679. The largest absolute Gasteiger partial charge is 0.508 e. The van der Waals surface area contributed by atoms with Crippen LogP contribution < -0.4 is 0 Å². The Morgan fingerprint density at radius 1 is 1.36 bits per heavy atom. The van der Waals surface area contributed by atoms with Crippen molar-refractivity contribution in [3.05, 3.63) is 29.8 Å². The second-order valence-corrected chi connectivity index (χ2v) is 2.36. The molecule has 1 aromatic rings. The highest BCUT2D eigenvalue weighted by Gasteiger charge is 2.05. The summed E-state index contributed by atoms with van der Waals surface area (Å²) in [5.74, 6) is -0.558. The number of hydrogen-bond acceptors (Lipinski definition) is 5. The van der Waals surface area contributed by atoms with E-state index in [1.165, 1.54) is 24.3 Å². The molecular weight excluding hydrogens is 188 g/mol. The van der Waals surface area contributed by atoms with Gasteiger partial charge in [0.2, 0.25) is 6.79 Å². The van der Waals surface area contributed by atoms with Gasteiger partial charge in [-0.05, 0) is 24.3 Å². The van der Waals surface area contributed by atoms with Crippen LogP contribution in [0.2, 0.25) is 0 Å². The standard InChI is InChI=1S/C9H8O5/c10-5-13-6-14-9(12)7-1-3-8(11)4-2-7/h1-5,11H,6H2. The molecule has 5 heteroatoms. The lowest BCUT2D eigenvalue weighted by Gasteiger charge is -2.02. The first-order chi connectivity index (χ1) is 6.74. The fourth-order valence-corrected chi connectivity index (χ4v) is 0.796. The van der Waals surface area contributed by atoms with E-state index >= 15 is 0 Å². The second kappa shape index (κ2) is 4.86. The van der Waals surface area contributed by atoms with Crippen molar-refractivity contribution in [2.45, 2.75) is 0 Å². The molecule has 1 aromatic carbocycles. The Balaban J connectivity index is 2.52. The highest BCUT2D eigenvalue weighted by Crippen LogP contribution is 2.10. The van der Waals surface area contributed by atoms with Gasteiger partial charge in [0.05, 0.1) is 5.56 Å². The van der Waals surface area contributed by atoms with Crippen LogP contribution in [0.25, 0.3) is 0 Å². The fourth-order valence-electron chi connectivity index (χ4n) is 0.796. The zero-order valence-electron chi connectivity index (χ0n) is 7.17. The number of carbonyl (C=O) groups is 2. The van der Waals surface area contributed by atoms with Crippen LogP contribution in [-0.4, -0.2) is 24.3 Å². The highest BCUT2D eigenvalue weighted by atomic mass is 16.7. The van der Waals surface area contributed by atoms with E-state index in [0.717, 1.165) is 0 Å². The van der Waals surface area contributed by atoms with Gasteiger partial charge in [0, 0.05) is 0 Å². The molecule has 0 bridgehead atoms. The van der Waals surface area contributed by atoms with Crippen LogP contribution in [0.4, 0.5) is 0 Å². The van der Waals surface area contributed by atoms with Crippen molar-refractivity contribution in [1.82, 2.24) is 0 Å². The molecule has 1 rings (SSSR count). The van der Waals surface area contributed by atoms with Gasteiger partial charge in [-0.2, -0.15) is 0 Å². The van der Waals surface area contributed by atoms with Gasteiger partial charge >= 0.3 is 5.97 Å². The van der Waals surface area contributed by atoms with E-state index in [1.54, 1.807) is 0 Å². The molecule has 0 heterocycles. The molecule has 74 valence electrons. The van der Waals surface area contributed by atoms with Crippen LogP contribution in [0.1, 0.15) is 10.4 Å². The maximum absolute atomic E-state index is 11.1. The van der Waals surface area contributed by atoms with Crippen molar-refractivity contribution in [3.63, 3.8) is 0 Å². The summed E-state index contributed by atoms with van der Waals surface area (Å²) in [6, 6.07) is 5.52. The monoisotopic (exact) mass is 196 g/mol. The van der Waals surface area contributed by atoms with Crippen LogP contribution in [0, 0.1) is 0 Å². The molecule has 0 radical (unpaired) electrons. The van der Waals surface area contributed by atoms with E-state index < -0.39 is 12.8 Å². The molecule has 0 saturated heterocycles. The zero-order chi connectivity index (χ0) is 10.4. The number of phenols is 1. The molecular formula is C9H8O5. The van der Waals surface area contributed by atoms with Crippen LogP contribution in [0.3, 0.4) is 0 Å². The number of aromatic hydroxyl groups is 1. The predicted molar refractivity (Wildman–Crippen MR) is 45.5 cm³/mol. The first kappa shape index (κ1) is 10.0. The SMILES string of the molecule is O=COCOC(=O)c1ccc(O)cc1. The minimum absolute atomic E-state index is 0.0608. The second-order valence-electron chi connectivity index (χ2n) is 2.36. The van der Waals surface area contributed by atoms with E-state index in [4.69, 9.17) is 5.11 Å². The quantitative estimate of drug-likeness (QED) is 0.332. The summed E-state index contributed by atoms with van der Waals surface area (Å²) >= 11 is 0. The third-order valence-electron chi connectivity index (χ3n) is 1.43. The maximum atomic E-state index is 11.1. The minimum Gasteiger partial charge on any atom is -0.508 e. The summed E-state index contributed by atoms with van der Waals surface area (Å²) < 4.78 is 8.71. The molecule has 0 aliphatic rings. The van der Waals surface area contributed by atoms with Crippen molar-refractivity contribution in [3.8, 4) is 5.75 Å². The first-order valence-electron chi connectivity index (χ1n) is 3.75. The van der Waals surface area contributed by atoms with E-state index in [0.29, 0.717) is 0 Å². The number of hydrogen-bond donors (Lipinski definition) is 1. The van der Waals surface area contributed by atoms with Crippen molar-refractivity contribution in [1.29, 1.82) is 0 Å². The minimum atomic E-state index is -0.619. The number of benzene rings is 1. The number of esters is 1. The Morgan fingerprint density at radius 3 is 2.57 bits per heavy atom. The first-order valence-corrected chi connectivity index (χ1v) is 3.75. The molecule has 0 saturated carbocycles. The molecule has 0 unspecified atom stereocenters. The Morgan fingerprint density at radius 2 is 2.00 bits per heavy atom. The molecule has 0 fully saturated rings. The van der Waals surface area contributed by atoms with Crippen molar-refractivity contribution < 1.29 is 24.2 Å². The Bertz CT molecular complexity index is 316. The van der Waals surface area contributed by atoms with Gasteiger partial charge in [-0.3, -0.25) is 4.79 Å². The van der Waals surface area contributed by atoms with Crippen LogP contribution >= 0.6 is 0 Å². The third-order valence-corrected chi connectivity index (χ3v) is 1.43. The molecule has 0 amide bonds. The van der Waals surface area contributed by atoms with Gasteiger partial charge in [-0.25, -0.2) is 4.79 Å². The molecule has 5 nitrogen and oxygen atoms in total. The summed E-state index contributed by atoms with van der Waals surface area (Å²) in [6.07, 6.45) is 0. The number of rotatable bonds is 4. The van der Waals surface area contributed by atoms with Gasteiger partial charge < -0.3 is 14.6 Å². The fraction of sp³-hybridized carbons (Fsp3) is 0.111. The third kappa shape index (κ3) is 2.78. The molecule has 0 atom stereocenters. The average molecular weight is 196 g/mol. The molecule has 1 N–H and O–H groups in total. The van der Waals surface area contributed by atoms with E-state index in [2.05, 4.69) is 9.47 Å². The summed E-state index contributed by atoms with van der Waals surface area (Å²) in [5, 5.41) is 8.93. The molecule has 0 aliphatic carbocycles.